The van der Waals surface area contributed by atoms with Crippen LogP contribution in [0, 0.1) is 6.92 Å². The van der Waals surface area contributed by atoms with Crippen LogP contribution in [0.15, 0.2) is 34.9 Å². The Labute approximate surface area is 129 Å². The molecule has 0 spiro atoms. The van der Waals surface area contributed by atoms with E-state index in [2.05, 4.69) is 29.6 Å². The van der Waals surface area contributed by atoms with E-state index in [9.17, 15) is 4.79 Å². The lowest BCUT2D eigenvalue weighted by Gasteiger charge is -2.19. The normalized spacial score (nSPS) is 12.0. The number of ether oxygens (including phenoxy) is 1. The number of anilines is 1. The predicted molar refractivity (Wildman–Crippen MR) is 84.0 cm³/mol. The summed E-state index contributed by atoms with van der Waals surface area (Å²) in [6.45, 7) is 7.72. The van der Waals surface area contributed by atoms with Crippen LogP contribution in [0.5, 0.6) is 5.75 Å². The van der Waals surface area contributed by atoms with Gasteiger partial charge in [0.25, 0.3) is 0 Å². The number of hydrogen-bond donors (Lipinski definition) is 2. The molecule has 1 aromatic carbocycles. The first-order valence-corrected chi connectivity index (χ1v) is 7.22. The second kappa shape index (κ2) is 6.98. The molecule has 1 unspecified atom stereocenters. The van der Waals surface area contributed by atoms with Gasteiger partial charge in [-0.1, -0.05) is 37.2 Å². The molecule has 0 fully saturated rings. The van der Waals surface area contributed by atoms with Gasteiger partial charge in [-0.05, 0) is 31.4 Å². The summed E-state index contributed by atoms with van der Waals surface area (Å²) in [5.41, 5.74) is 1.10. The van der Waals surface area contributed by atoms with E-state index in [1.54, 1.807) is 19.9 Å². The molecule has 0 aliphatic carbocycles. The van der Waals surface area contributed by atoms with Crippen molar-refractivity contribution in [2.75, 3.05) is 5.32 Å². The predicted octanol–water partition coefficient (Wildman–Crippen LogP) is 3.65. The highest BCUT2D eigenvalue weighted by Crippen LogP contribution is 2.26. The average molecular weight is 303 g/mol. The summed E-state index contributed by atoms with van der Waals surface area (Å²) in [7, 11) is 0. The van der Waals surface area contributed by atoms with Gasteiger partial charge in [-0.15, -0.1) is 0 Å². The molecule has 2 rings (SSSR count). The second-order valence-electron chi connectivity index (χ2n) is 5.37. The first kappa shape index (κ1) is 15.9. The standard InChI is InChI=1S/C16H21N3O3/c1-10(2)13-7-5-6-8-14(13)21-12(4)17-16(20)18-15-9-11(3)22-19-15/h5-10,12H,1-4H3,(H2,17,18,19,20). The van der Waals surface area contributed by atoms with Crippen molar-refractivity contribution in [2.24, 2.45) is 0 Å². The van der Waals surface area contributed by atoms with Gasteiger partial charge in [-0.25, -0.2) is 4.79 Å². The average Bonchev–Trinajstić information content (AvgIpc) is 2.83. The molecule has 6 nitrogen and oxygen atoms in total. The van der Waals surface area contributed by atoms with Crippen molar-refractivity contribution in [1.29, 1.82) is 0 Å². The molecule has 1 aromatic heterocycles. The Morgan fingerprint density at radius 3 is 2.64 bits per heavy atom. The van der Waals surface area contributed by atoms with Crippen LogP contribution in [-0.4, -0.2) is 17.4 Å². The Morgan fingerprint density at radius 1 is 1.27 bits per heavy atom. The molecule has 2 N–H and O–H groups in total. The van der Waals surface area contributed by atoms with Crippen LogP contribution in [0.25, 0.3) is 0 Å². The van der Waals surface area contributed by atoms with Gasteiger partial charge in [-0.2, -0.15) is 0 Å². The van der Waals surface area contributed by atoms with Crippen LogP contribution in [0.3, 0.4) is 0 Å². The lowest BCUT2D eigenvalue weighted by Crippen LogP contribution is -2.39. The maximum absolute atomic E-state index is 11.9. The van der Waals surface area contributed by atoms with E-state index in [-0.39, 0.29) is 0 Å². The third-order valence-electron chi connectivity index (χ3n) is 3.05. The van der Waals surface area contributed by atoms with Crippen LogP contribution < -0.4 is 15.4 Å². The van der Waals surface area contributed by atoms with Gasteiger partial charge < -0.3 is 14.6 Å². The third-order valence-corrected chi connectivity index (χ3v) is 3.05. The van der Waals surface area contributed by atoms with E-state index in [4.69, 9.17) is 9.26 Å². The smallest absolute Gasteiger partial charge is 0.323 e. The topological polar surface area (TPSA) is 76.4 Å². The minimum Gasteiger partial charge on any atom is -0.471 e. The number of urea groups is 1. The highest BCUT2D eigenvalue weighted by Gasteiger charge is 2.13. The molecule has 0 saturated carbocycles. The summed E-state index contributed by atoms with van der Waals surface area (Å²) in [5.74, 6) is 2.10. The van der Waals surface area contributed by atoms with E-state index in [0.717, 1.165) is 11.3 Å². The van der Waals surface area contributed by atoms with E-state index in [1.807, 2.05) is 24.3 Å². The van der Waals surface area contributed by atoms with Crippen molar-refractivity contribution < 1.29 is 14.1 Å². The number of benzene rings is 1. The van der Waals surface area contributed by atoms with Crippen molar-refractivity contribution in [3.05, 3.63) is 41.7 Å². The minimum absolute atomic E-state index is 0.343. The van der Waals surface area contributed by atoms with Crippen LogP contribution in [0.2, 0.25) is 0 Å². The van der Waals surface area contributed by atoms with Gasteiger partial charge in [0.05, 0.1) is 0 Å². The minimum atomic E-state index is -0.479. The summed E-state index contributed by atoms with van der Waals surface area (Å²) < 4.78 is 10.7. The van der Waals surface area contributed by atoms with Gasteiger partial charge in [0, 0.05) is 6.07 Å². The van der Waals surface area contributed by atoms with E-state index < -0.39 is 12.3 Å². The van der Waals surface area contributed by atoms with Crippen molar-refractivity contribution in [3.8, 4) is 5.75 Å². The maximum atomic E-state index is 11.9. The first-order valence-electron chi connectivity index (χ1n) is 7.22. The van der Waals surface area contributed by atoms with Gasteiger partial charge in [0.2, 0.25) is 0 Å². The van der Waals surface area contributed by atoms with E-state index in [1.165, 1.54) is 0 Å². The molecule has 0 aliphatic heterocycles. The highest BCUT2D eigenvalue weighted by molar-refractivity contribution is 5.88. The Hall–Kier alpha value is -2.50. The molecule has 0 bridgehead atoms. The van der Waals surface area contributed by atoms with E-state index >= 15 is 0 Å². The van der Waals surface area contributed by atoms with Crippen molar-refractivity contribution in [1.82, 2.24) is 10.5 Å². The summed E-state index contributed by atoms with van der Waals surface area (Å²) >= 11 is 0. The van der Waals surface area contributed by atoms with Gasteiger partial charge >= 0.3 is 6.03 Å². The molecule has 1 atom stereocenters. The Balaban J connectivity index is 1.92. The molecule has 0 aliphatic rings. The van der Waals surface area contributed by atoms with Gasteiger partial charge in [0.15, 0.2) is 12.0 Å². The van der Waals surface area contributed by atoms with Crippen LogP contribution in [0.1, 0.15) is 38.0 Å². The molecule has 2 amide bonds. The lowest BCUT2D eigenvalue weighted by molar-refractivity contribution is 0.181. The fraction of sp³-hybridized carbons (Fsp3) is 0.375. The van der Waals surface area contributed by atoms with Gasteiger partial charge in [-0.3, -0.25) is 5.32 Å². The largest absolute Gasteiger partial charge is 0.471 e. The molecular weight excluding hydrogens is 282 g/mol. The molecule has 6 heteroatoms. The third kappa shape index (κ3) is 4.25. The fourth-order valence-electron chi connectivity index (χ4n) is 2.05. The molecule has 1 heterocycles. The number of nitrogens with zero attached hydrogens (tertiary/aromatic N) is 1. The monoisotopic (exact) mass is 303 g/mol. The Kier molecular flexibility index (Phi) is 5.04. The number of amides is 2. The Morgan fingerprint density at radius 2 is 2.00 bits per heavy atom. The quantitative estimate of drug-likeness (QED) is 0.827. The summed E-state index contributed by atoms with van der Waals surface area (Å²) in [4.78, 5) is 11.9. The number of hydrogen-bond acceptors (Lipinski definition) is 4. The lowest BCUT2D eigenvalue weighted by atomic mass is 10.0. The van der Waals surface area contributed by atoms with Gasteiger partial charge in [0.1, 0.15) is 11.5 Å². The van der Waals surface area contributed by atoms with Crippen molar-refractivity contribution in [2.45, 2.75) is 39.8 Å². The number of rotatable bonds is 5. The van der Waals surface area contributed by atoms with Crippen LogP contribution >= 0.6 is 0 Å². The van der Waals surface area contributed by atoms with E-state index in [0.29, 0.717) is 17.5 Å². The molecule has 22 heavy (non-hydrogen) atoms. The number of para-hydroxylation sites is 1. The Bertz CT molecular complexity index is 637. The summed E-state index contributed by atoms with van der Waals surface area (Å²) in [6.07, 6.45) is -0.479. The number of aromatic nitrogens is 1. The fourth-order valence-corrected chi connectivity index (χ4v) is 2.05. The number of carbonyl (C=O) groups is 1. The first-order chi connectivity index (χ1) is 10.5. The number of carbonyl (C=O) groups excluding carboxylic acids is 1. The zero-order chi connectivity index (χ0) is 16.1. The second-order valence-corrected chi connectivity index (χ2v) is 5.37. The zero-order valence-electron chi connectivity index (χ0n) is 13.2. The molecule has 2 aromatic rings. The number of aryl methyl sites for hydroxylation is 1. The van der Waals surface area contributed by atoms with Crippen LogP contribution in [-0.2, 0) is 0 Å². The summed E-state index contributed by atoms with van der Waals surface area (Å²) in [5, 5.41) is 8.98. The van der Waals surface area contributed by atoms with Crippen molar-refractivity contribution >= 4 is 11.8 Å². The molecule has 0 radical (unpaired) electrons. The van der Waals surface area contributed by atoms with Crippen LogP contribution in [0.4, 0.5) is 10.6 Å². The van der Waals surface area contributed by atoms with Crippen molar-refractivity contribution in [3.63, 3.8) is 0 Å². The molecular formula is C16H21N3O3. The molecule has 0 saturated heterocycles. The zero-order valence-corrected chi connectivity index (χ0v) is 13.2. The summed E-state index contributed by atoms with van der Waals surface area (Å²) in [6, 6.07) is 9.03. The highest BCUT2D eigenvalue weighted by atomic mass is 16.5. The maximum Gasteiger partial charge on any atom is 0.323 e. The SMILES string of the molecule is Cc1cc(NC(=O)NC(C)Oc2ccccc2C(C)C)no1. The molecule has 118 valence electrons. The number of nitrogens with one attached hydrogen (secondary N) is 2.